The maximum absolute atomic E-state index is 13.1. The Balaban J connectivity index is 1.17. The second kappa shape index (κ2) is 9.74. The van der Waals surface area contributed by atoms with Crippen LogP contribution < -0.4 is 5.32 Å². The fourth-order valence-electron chi connectivity index (χ4n) is 4.45. The summed E-state index contributed by atoms with van der Waals surface area (Å²) in [6, 6.07) is 6.92. The van der Waals surface area contributed by atoms with E-state index in [0.717, 1.165) is 24.0 Å². The Morgan fingerprint density at radius 3 is 2.89 bits per heavy atom. The third kappa shape index (κ3) is 4.63. The van der Waals surface area contributed by atoms with Crippen molar-refractivity contribution in [2.45, 2.75) is 44.8 Å². The fourth-order valence-corrected chi connectivity index (χ4v) is 4.45. The number of aliphatic hydroxyl groups is 1. The molecule has 0 bridgehead atoms. The molecule has 4 aromatic rings. The van der Waals surface area contributed by atoms with Gasteiger partial charge in [0, 0.05) is 25.5 Å². The third-order valence-electron chi connectivity index (χ3n) is 6.78. The van der Waals surface area contributed by atoms with Crippen molar-refractivity contribution in [2.75, 3.05) is 18.5 Å². The van der Waals surface area contributed by atoms with Gasteiger partial charge >= 0.3 is 0 Å². The van der Waals surface area contributed by atoms with Crippen LogP contribution in [0, 0.1) is 0 Å². The third-order valence-corrected chi connectivity index (χ3v) is 6.78. The van der Waals surface area contributed by atoms with Crippen LogP contribution in [0.15, 0.2) is 42.9 Å². The van der Waals surface area contributed by atoms with Gasteiger partial charge in [-0.15, -0.1) is 5.10 Å². The molecule has 6 rings (SSSR count). The Morgan fingerprint density at radius 2 is 2.08 bits per heavy atom. The molecule has 2 amide bonds. The Morgan fingerprint density at radius 1 is 1.21 bits per heavy atom. The first kappa shape index (κ1) is 23.9. The number of aliphatic hydroxyl groups excluding tert-OH is 1. The molecule has 0 unspecified atom stereocenters. The molecular weight excluding hydrogens is 488 g/mol. The van der Waals surface area contributed by atoms with Crippen molar-refractivity contribution in [1.29, 1.82) is 0 Å². The molecule has 1 saturated carbocycles. The first-order valence-corrected chi connectivity index (χ1v) is 12.5. The van der Waals surface area contributed by atoms with Crippen molar-refractivity contribution in [3.05, 3.63) is 65.2 Å². The smallest absolute Gasteiger partial charge is 0.275 e. The normalized spacial score (nSPS) is 15.7. The van der Waals surface area contributed by atoms with Crippen LogP contribution in [-0.2, 0) is 13.0 Å². The number of nitrogens with zero attached hydrogens (tertiary/aromatic N) is 9. The van der Waals surface area contributed by atoms with Gasteiger partial charge in [0.15, 0.2) is 0 Å². The fraction of sp³-hybridized carbons (Fsp3) is 0.360. The van der Waals surface area contributed by atoms with E-state index < -0.39 is 5.91 Å². The van der Waals surface area contributed by atoms with Gasteiger partial charge in [-0.2, -0.15) is 5.10 Å². The summed E-state index contributed by atoms with van der Waals surface area (Å²) in [5.74, 6) is 0.198. The van der Waals surface area contributed by atoms with Gasteiger partial charge in [0.2, 0.25) is 5.82 Å². The first-order chi connectivity index (χ1) is 18.5. The predicted octanol–water partition coefficient (Wildman–Crippen LogP) is 1.67. The Kier molecular flexibility index (Phi) is 6.12. The van der Waals surface area contributed by atoms with Gasteiger partial charge in [0.1, 0.15) is 17.2 Å². The molecule has 13 nitrogen and oxygen atoms in total. The maximum Gasteiger partial charge on any atom is 0.275 e. The molecule has 2 N–H and O–H groups in total. The SMILES string of the molecule is C[C@H](CO)n1nnnc1-c1cccc(NC(=O)c2cc3c(cn2)CCN(C(=O)c2cnn(C4CC4)c2)C3)n1. The van der Waals surface area contributed by atoms with Crippen LogP contribution in [0.1, 0.15) is 63.8 Å². The Labute approximate surface area is 217 Å². The lowest BCUT2D eigenvalue weighted by Gasteiger charge is -2.28. The van der Waals surface area contributed by atoms with Crippen molar-refractivity contribution in [3.63, 3.8) is 0 Å². The lowest BCUT2D eigenvalue weighted by Crippen LogP contribution is -2.36. The summed E-state index contributed by atoms with van der Waals surface area (Å²) < 4.78 is 3.34. The Bertz CT molecular complexity index is 1510. The highest BCUT2D eigenvalue weighted by molar-refractivity contribution is 6.02. The molecule has 2 aliphatic rings. The summed E-state index contributed by atoms with van der Waals surface area (Å²) >= 11 is 0. The van der Waals surface area contributed by atoms with E-state index in [9.17, 15) is 14.7 Å². The number of nitrogens with one attached hydrogen (secondary N) is 1. The average Bonchev–Trinajstić information content (AvgIpc) is 3.46. The van der Waals surface area contributed by atoms with Crippen LogP contribution in [-0.4, -0.2) is 74.9 Å². The first-order valence-electron chi connectivity index (χ1n) is 12.5. The van der Waals surface area contributed by atoms with Crippen LogP contribution in [0.3, 0.4) is 0 Å². The van der Waals surface area contributed by atoms with E-state index in [1.54, 1.807) is 48.5 Å². The number of fused-ring (bicyclic) bond motifs is 1. The molecule has 1 fully saturated rings. The van der Waals surface area contributed by atoms with E-state index >= 15 is 0 Å². The summed E-state index contributed by atoms with van der Waals surface area (Å²) in [4.78, 5) is 36.7. The molecule has 0 radical (unpaired) electrons. The van der Waals surface area contributed by atoms with Crippen LogP contribution in [0.5, 0.6) is 0 Å². The van der Waals surface area contributed by atoms with Crippen molar-refractivity contribution >= 4 is 17.6 Å². The summed E-state index contributed by atoms with van der Waals surface area (Å²) in [6.45, 7) is 2.62. The maximum atomic E-state index is 13.1. The standard InChI is InChI=1S/C25H26N10O3/c1-15(14-36)35-23(30-31-32-35)20-3-2-4-22(28-20)29-24(37)21-9-17-12-33(8-7-16(17)10-26-21)25(38)18-11-27-34(13-18)19-5-6-19/h2-4,9-11,13,15,19,36H,5-8,12,14H2,1H3,(H,28,29,37)/t15-/m1/s1. The number of aromatic nitrogens is 8. The zero-order valence-electron chi connectivity index (χ0n) is 20.7. The van der Waals surface area contributed by atoms with Gasteiger partial charge in [-0.1, -0.05) is 6.07 Å². The van der Waals surface area contributed by atoms with E-state index in [1.807, 2.05) is 10.9 Å². The molecule has 5 heterocycles. The Hall–Kier alpha value is -4.52. The molecule has 1 aliphatic carbocycles. The van der Waals surface area contributed by atoms with E-state index in [-0.39, 0.29) is 24.2 Å². The molecule has 13 heteroatoms. The van der Waals surface area contributed by atoms with Crippen LogP contribution in [0.2, 0.25) is 0 Å². The molecular formula is C25H26N10O3. The van der Waals surface area contributed by atoms with Gasteiger partial charge in [-0.3, -0.25) is 19.3 Å². The number of anilines is 1. The molecule has 0 aromatic carbocycles. The molecule has 38 heavy (non-hydrogen) atoms. The number of carbonyl (C=O) groups is 2. The van der Waals surface area contributed by atoms with Crippen molar-refractivity contribution in [2.24, 2.45) is 0 Å². The zero-order chi connectivity index (χ0) is 26.2. The lowest BCUT2D eigenvalue weighted by molar-refractivity contribution is 0.0734. The van der Waals surface area contributed by atoms with Crippen molar-refractivity contribution in [3.8, 4) is 11.5 Å². The number of amides is 2. The lowest BCUT2D eigenvalue weighted by atomic mass is 10.0. The summed E-state index contributed by atoms with van der Waals surface area (Å²) in [6.07, 6.45) is 8.02. The molecule has 0 spiro atoms. The number of hydrogen-bond donors (Lipinski definition) is 2. The second-order valence-corrected chi connectivity index (χ2v) is 9.60. The van der Waals surface area contributed by atoms with E-state index in [0.29, 0.717) is 48.5 Å². The largest absolute Gasteiger partial charge is 0.394 e. The number of tetrazole rings is 1. The minimum Gasteiger partial charge on any atom is -0.394 e. The monoisotopic (exact) mass is 514 g/mol. The highest BCUT2D eigenvalue weighted by Crippen LogP contribution is 2.34. The van der Waals surface area contributed by atoms with E-state index in [1.165, 1.54) is 4.68 Å². The minimum absolute atomic E-state index is 0.0655. The second-order valence-electron chi connectivity index (χ2n) is 9.60. The van der Waals surface area contributed by atoms with Crippen LogP contribution in [0.4, 0.5) is 5.82 Å². The highest BCUT2D eigenvalue weighted by atomic mass is 16.3. The average molecular weight is 515 g/mol. The molecule has 0 saturated heterocycles. The number of carbonyl (C=O) groups excluding carboxylic acids is 2. The van der Waals surface area contributed by atoms with Crippen LogP contribution in [0.25, 0.3) is 11.5 Å². The number of pyridine rings is 2. The van der Waals surface area contributed by atoms with Gasteiger partial charge in [-0.05, 0) is 65.9 Å². The van der Waals surface area contributed by atoms with Gasteiger partial charge < -0.3 is 15.3 Å². The summed E-state index contributed by atoms with van der Waals surface area (Å²) in [5.41, 5.74) is 3.16. The molecule has 1 atom stereocenters. The van der Waals surface area contributed by atoms with E-state index in [2.05, 4.69) is 35.9 Å². The highest BCUT2D eigenvalue weighted by Gasteiger charge is 2.28. The van der Waals surface area contributed by atoms with Crippen molar-refractivity contribution in [1.82, 2.24) is 44.9 Å². The predicted molar refractivity (Wildman–Crippen MR) is 134 cm³/mol. The zero-order valence-corrected chi connectivity index (χ0v) is 20.7. The number of hydrogen-bond acceptors (Lipinski definition) is 9. The van der Waals surface area contributed by atoms with E-state index in [4.69, 9.17) is 0 Å². The number of rotatable bonds is 7. The minimum atomic E-state index is -0.421. The molecule has 194 valence electrons. The topological polar surface area (TPSA) is 157 Å². The quantitative estimate of drug-likeness (QED) is 0.374. The van der Waals surface area contributed by atoms with Gasteiger partial charge in [0.25, 0.3) is 11.8 Å². The summed E-state index contributed by atoms with van der Waals surface area (Å²) in [7, 11) is 0. The van der Waals surface area contributed by atoms with Gasteiger partial charge in [-0.25, -0.2) is 9.67 Å². The molecule has 1 aliphatic heterocycles. The van der Waals surface area contributed by atoms with Crippen molar-refractivity contribution < 1.29 is 14.7 Å². The molecule has 4 aromatic heterocycles. The van der Waals surface area contributed by atoms with Crippen LogP contribution >= 0.6 is 0 Å². The van der Waals surface area contributed by atoms with Gasteiger partial charge in [0.05, 0.1) is 30.5 Å². The summed E-state index contributed by atoms with van der Waals surface area (Å²) in [5, 5.41) is 28.2.